The maximum Gasteiger partial charge on any atom is 0.289 e. The molecule has 2 aromatic heterocycles. The standard InChI is InChI=1S/C17H15ClN4O2/c18-12-3-4-13-14(10-12)19-11-16(20-13)21-5-7-22(8-6-21)17(23)15-2-1-9-24-15/h1-4,9-11H,5-8H2. The number of aromatic nitrogens is 2. The molecule has 3 heterocycles. The van der Waals surface area contributed by atoms with E-state index in [0.717, 1.165) is 16.9 Å². The number of benzene rings is 1. The van der Waals surface area contributed by atoms with Crippen LogP contribution < -0.4 is 4.90 Å². The third kappa shape index (κ3) is 2.80. The third-order valence-electron chi connectivity index (χ3n) is 4.11. The minimum atomic E-state index is -0.0705. The van der Waals surface area contributed by atoms with E-state index in [1.807, 2.05) is 12.1 Å². The number of halogens is 1. The van der Waals surface area contributed by atoms with Crippen molar-refractivity contribution in [2.45, 2.75) is 0 Å². The van der Waals surface area contributed by atoms with Gasteiger partial charge in [-0.1, -0.05) is 11.6 Å². The summed E-state index contributed by atoms with van der Waals surface area (Å²) in [5.74, 6) is 1.12. The van der Waals surface area contributed by atoms with Crippen LogP contribution in [0.5, 0.6) is 0 Å². The lowest BCUT2D eigenvalue weighted by atomic mass is 10.2. The first-order chi connectivity index (χ1) is 11.7. The molecular formula is C17H15ClN4O2. The Morgan fingerprint density at radius 3 is 2.71 bits per heavy atom. The first kappa shape index (κ1) is 15.0. The second-order valence-electron chi connectivity index (χ2n) is 5.62. The molecule has 0 spiro atoms. The Kier molecular flexibility index (Phi) is 3.82. The Morgan fingerprint density at radius 2 is 1.96 bits per heavy atom. The van der Waals surface area contributed by atoms with Crippen molar-refractivity contribution >= 4 is 34.4 Å². The lowest BCUT2D eigenvalue weighted by Crippen LogP contribution is -2.49. The molecule has 1 aliphatic heterocycles. The second-order valence-corrected chi connectivity index (χ2v) is 6.05. The van der Waals surface area contributed by atoms with Crippen molar-refractivity contribution in [3.8, 4) is 0 Å². The zero-order chi connectivity index (χ0) is 16.5. The lowest BCUT2D eigenvalue weighted by Gasteiger charge is -2.34. The van der Waals surface area contributed by atoms with E-state index >= 15 is 0 Å². The molecule has 0 bridgehead atoms. The van der Waals surface area contributed by atoms with Crippen molar-refractivity contribution in [1.82, 2.24) is 14.9 Å². The van der Waals surface area contributed by atoms with E-state index in [4.69, 9.17) is 16.0 Å². The highest BCUT2D eigenvalue weighted by Crippen LogP contribution is 2.20. The van der Waals surface area contributed by atoms with Crippen LogP contribution in [0.2, 0.25) is 5.02 Å². The number of rotatable bonds is 2. The fraction of sp³-hybridized carbons (Fsp3) is 0.235. The number of carbonyl (C=O) groups excluding carboxylic acids is 1. The van der Waals surface area contributed by atoms with E-state index in [2.05, 4.69) is 14.9 Å². The van der Waals surface area contributed by atoms with Gasteiger partial charge < -0.3 is 14.2 Å². The summed E-state index contributed by atoms with van der Waals surface area (Å²) in [5, 5.41) is 0.648. The molecule has 7 heteroatoms. The molecule has 6 nitrogen and oxygen atoms in total. The zero-order valence-corrected chi connectivity index (χ0v) is 13.6. The molecule has 24 heavy (non-hydrogen) atoms. The molecule has 1 aromatic carbocycles. The predicted octanol–water partition coefficient (Wildman–Crippen LogP) is 2.84. The third-order valence-corrected chi connectivity index (χ3v) is 4.35. The summed E-state index contributed by atoms with van der Waals surface area (Å²) < 4.78 is 5.18. The van der Waals surface area contributed by atoms with E-state index in [9.17, 15) is 4.79 Å². The van der Waals surface area contributed by atoms with Crippen LogP contribution in [0.4, 0.5) is 5.82 Å². The molecule has 1 aliphatic rings. The second kappa shape index (κ2) is 6.13. The van der Waals surface area contributed by atoms with Crippen LogP contribution in [0.3, 0.4) is 0 Å². The normalized spacial score (nSPS) is 15.0. The average molecular weight is 343 g/mol. The zero-order valence-electron chi connectivity index (χ0n) is 12.9. The summed E-state index contributed by atoms with van der Waals surface area (Å²) in [6.45, 7) is 2.67. The molecule has 1 saturated heterocycles. The first-order valence-electron chi connectivity index (χ1n) is 7.71. The molecule has 3 aromatic rings. The van der Waals surface area contributed by atoms with Gasteiger partial charge in [0, 0.05) is 31.2 Å². The van der Waals surface area contributed by atoms with Gasteiger partial charge in [0.25, 0.3) is 5.91 Å². The van der Waals surface area contributed by atoms with Crippen LogP contribution in [0, 0.1) is 0 Å². The molecular weight excluding hydrogens is 328 g/mol. The van der Waals surface area contributed by atoms with E-state index in [-0.39, 0.29) is 5.91 Å². The minimum absolute atomic E-state index is 0.0705. The highest BCUT2D eigenvalue weighted by atomic mass is 35.5. The number of piperazine rings is 1. The van der Waals surface area contributed by atoms with Crippen LogP contribution in [0.1, 0.15) is 10.6 Å². The van der Waals surface area contributed by atoms with E-state index in [1.54, 1.807) is 29.3 Å². The van der Waals surface area contributed by atoms with Gasteiger partial charge in [-0.05, 0) is 30.3 Å². The summed E-state index contributed by atoms with van der Waals surface area (Å²) in [7, 11) is 0. The fourth-order valence-corrected chi connectivity index (χ4v) is 2.99. The Balaban J connectivity index is 1.47. The van der Waals surface area contributed by atoms with Gasteiger partial charge in [-0.3, -0.25) is 9.78 Å². The van der Waals surface area contributed by atoms with Crippen LogP contribution in [-0.2, 0) is 0 Å². The highest BCUT2D eigenvalue weighted by Gasteiger charge is 2.24. The van der Waals surface area contributed by atoms with Gasteiger partial charge in [-0.25, -0.2) is 4.98 Å². The highest BCUT2D eigenvalue weighted by molar-refractivity contribution is 6.31. The molecule has 0 N–H and O–H groups in total. The Labute approximate surface area is 143 Å². The van der Waals surface area contributed by atoms with Crippen LogP contribution in [0.25, 0.3) is 11.0 Å². The van der Waals surface area contributed by atoms with E-state index in [0.29, 0.717) is 37.0 Å². The van der Waals surface area contributed by atoms with Gasteiger partial charge in [-0.2, -0.15) is 0 Å². The van der Waals surface area contributed by atoms with Crippen LogP contribution >= 0.6 is 11.6 Å². The van der Waals surface area contributed by atoms with Crippen molar-refractivity contribution in [2.75, 3.05) is 31.1 Å². The van der Waals surface area contributed by atoms with Gasteiger partial charge in [0.2, 0.25) is 0 Å². The van der Waals surface area contributed by atoms with E-state index < -0.39 is 0 Å². The molecule has 4 rings (SSSR count). The molecule has 1 fully saturated rings. The molecule has 1 amide bonds. The monoisotopic (exact) mass is 342 g/mol. The largest absolute Gasteiger partial charge is 0.459 e. The lowest BCUT2D eigenvalue weighted by molar-refractivity contribution is 0.0714. The molecule has 0 unspecified atom stereocenters. The number of nitrogens with zero attached hydrogens (tertiary/aromatic N) is 4. The summed E-state index contributed by atoms with van der Waals surface area (Å²) in [6.07, 6.45) is 3.27. The van der Waals surface area contributed by atoms with E-state index in [1.165, 1.54) is 6.26 Å². The molecule has 0 aliphatic carbocycles. The van der Waals surface area contributed by atoms with Gasteiger partial charge in [0.15, 0.2) is 5.76 Å². The Hall–Kier alpha value is -2.60. The SMILES string of the molecule is O=C(c1ccco1)N1CCN(c2cnc3cc(Cl)ccc3n2)CC1. The topological polar surface area (TPSA) is 62.5 Å². The first-order valence-corrected chi connectivity index (χ1v) is 8.08. The predicted molar refractivity (Wildman–Crippen MR) is 91.4 cm³/mol. The Morgan fingerprint density at radius 1 is 1.12 bits per heavy atom. The number of amides is 1. The van der Waals surface area contributed by atoms with Crippen molar-refractivity contribution in [2.24, 2.45) is 0 Å². The maximum absolute atomic E-state index is 12.3. The summed E-state index contributed by atoms with van der Waals surface area (Å²) >= 11 is 5.97. The van der Waals surface area contributed by atoms with Gasteiger partial charge in [0.05, 0.1) is 23.5 Å². The van der Waals surface area contributed by atoms with Gasteiger partial charge in [0.1, 0.15) is 5.82 Å². The van der Waals surface area contributed by atoms with Crippen molar-refractivity contribution < 1.29 is 9.21 Å². The molecule has 0 atom stereocenters. The van der Waals surface area contributed by atoms with Gasteiger partial charge >= 0.3 is 0 Å². The quantitative estimate of drug-likeness (QED) is 0.716. The molecule has 0 radical (unpaired) electrons. The van der Waals surface area contributed by atoms with Gasteiger partial charge in [-0.15, -0.1) is 0 Å². The number of furan rings is 1. The molecule has 0 saturated carbocycles. The number of fused-ring (bicyclic) bond motifs is 1. The minimum Gasteiger partial charge on any atom is -0.459 e. The number of hydrogen-bond donors (Lipinski definition) is 0. The number of anilines is 1. The number of carbonyl (C=O) groups is 1. The summed E-state index contributed by atoms with van der Waals surface area (Å²) in [6, 6.07) is 8.88. The number of hydrogen-bond acceptors (Lipinski definition) is 5. The average Bonchev–Trinajstić information content (AvgIpc) is 3.15. The van der Waals surface area contributed by atoms with Crippen LogP contribution in [-0.4, -0.2) is 47.0 Å². The fourth-order valence-electron chi connectivity index (χ4n) is 2.82. The van der Waals surface area contributed by atoms with Crippen molar-refractivity contribution in [1.29, 1.82) is 0 Å². The van der Waals surface area contributed by atoms with Crippen LogP contribution in [0.15, 0.2) is 47.2 Å². The van der Waals surface area contributed by atoms with Crippen molar-refractivity contribution in [3.05, 3.63) is 53.6 Å². The molecule has 122 valence electrons. The summed E-state index contributed by atoms with van der Waals surface area (Å²) in [5.41, 5.74) is 1.59. The maximum atomic E-state index is 12.3. The smallest absolute Gasteiger partial charge is 0.289 e. The van der Waals surface area contributed by atoms with Crippen molar-refractivity contribution in [3.63, 3.8) is 0 Å². The Bertz CT molecular complexity index is 873. The summed E-state index contributed by atoms with van der Waals surface area (Å²) in [4.78, 5) is 25.3.